The topological polar surface area (TPSA) is 82.5 Å². The number of aromatic nitrogens is 1. The van der Waals surface area contributed by atoms with Crippen molar-refractivity contribution in [1.29, 1.82) is 0 Å². The molecule has 0 aliphatic carbocycles. The number of aryl methyl sites for hydroxylation is 1. The Hall–Kier alpha value is -2.11. The van der Waals surface area contributed by atoms with Gasteiger partial charge in [-0.05, 0) is 31.9 Å². The highest BCUT2D eigenvalue weighted by Gasteiger charge is 2.19. The summed E-state index contributed by atoms with van der Waals surface area (Å²) in [5, 5.41) is 11.5. The van der Waals surface area contributed by atoms with E-state index in [1.165, 1.54) is 4.90 Å². The van der Waals surface area contributed by atoms with E-state index in [0.29, 0.717) is 6.54 Å². The molecule has 0 saturated heterocycles. The van der Waals surface area contributed by atoms with Crippen LogP contribution < -0.4 is 5.32 Å². The number of carboxylic acid groups (broad SMARTS) is 1. The number of hydrogen-bond donors (Lipinski definition) is 2. The van der Waals surface area contributed by atoms with E-state index >= 15 is 0 Å². The van der Waals surface area contributed by atoms with Gasteiger partial charge in [-0.25, -0.2) is 4.79 Å². The summed E-state index contributed by atoms with van der Waals surface area (Å²) in [6.45, 7) is 5.56. The number of urea groups is 1. The number of nitrogens with one attached hydrogen (secondary N) is 1. The van der Waals surface area contributed by atoms with Gasteiger partial charge in [0.25, 0.3) is 0 Å². The third-order valence-electron chi connectivity index (χ3n) is 2.96. The molecular weight excluding hydrogens is 258 g/mol. The lowest BCUT2D eigenvalue weighted by Crippen LogP contribution is -2.46. The van der Waals surface area contributed by atoms with Crippen molar-refractivity contribution in [3.63, 3.8) is 0 Å². The molecule has 0 unspecified atom stereocenters. The van der Waals surface area contributed by atoms with E-state index in [-0.39, 0.29) is 12.6 Å². The number of rotatable bonds is 6. The van der Waals surface area contributed by atoms with Crippen LogP contribution in [-0.4, -0.2) is 39.6 Å². The normalized spacial score (nSPS) is 10.4. The minimum Gasteiger partial charge on any atom is -0.480 e. The SMILES string of the molecule is CCc1cccnc1CNC(=O)N(CC(=O)O)C(C)C. The molecule has 1 aromatic heterocycles. The molecule has 0 bridgehead atoms. The molecule has 0 atom stereocenters. The first-order valence-electron chi connectivity index (χ1n) is 6.64. The van der Waals surface area contributed by atoms with Crippen LogP contribution in [0.1, 0.15) is 32.0 Å². The quantitative estimate of drug-likeness (QED) is 0.829. The minimum absolute atomic E-state index is 0.180. The standard InChI is InChI=1S/C14H21N3O3/c1-4-11-6-5-7-15-12(11)8-16-14(20)17(10(2)3)9-13(18)19/h5-7,10H,4,8-9H2,1-3H3,(H,16,20)(H,18,19). The van der Waals surface area contributed by atoms with Gasteiger partial charge in [-0.3, -0.25) is 9.78 Å². The number of aliphatic carboxylic acids is 1. The first kappa shape index (κ1) is 15.9. The highest BCUT2D eigenvalue weighted by molar-refractivity contribution is 5.80. The Balaban J connectivity index is 2.67. The van der Waals surface area contributed by atoms with Crippen molar-refractivity contribution in [2.75, 3.05) is 6.54 Å². The molecule has 0 saturated carbocycles. The van der Waals surface area contributed by atoms with Crippen LogP contribution in [0.2, 0.25) is 0 Å². The van der Waals surface area contributed by atoms with Crippen LogP contribution in [0.3, 0.4) is 0 Å². The minimum atomic E-state index is -1.03. The van der Waals surface area contributed by atoms with Gasteiger partial charge in [-0.15, -0.1) is 0 Å². The van der Waals surface area contributed by atoms with Crippen LogP contribution in [-0.2, 0) is 17.8 Å². The van der Waals surface area contributed by atoms with Crippen LogP contribution in [0, 0.1) is 0 Å². The van der Waals surface area contributed by atoms with Gasteiger partial charge in [0.2, 0.25) is 0 Å². The smallest absolute Gasteiger partial charge is 0.323 e. The second-order valence-electron chi connectivity index (χ2n) is 4.74. The average Bonchev–Trinajstić information content (AvgIpc) is 2.42. The second-order valence-corrected chi connectivity index (χ2v) is 4.74. The first-order valence-corrected chi connectivity index (χ1v) is 6.64. The van der Waals surface area contributed by atoms with E-state index in [4.69, 9.17) is 5.11 Å². The number of pyridine rings is 1. The van der Waals surface area contributed by atoms with Gasteiger partial charge in [0.05, 0.1) is 12.2 Å². The lowest BCUT2D eigenvalue weighted by atomic mass is 10.1. The molecule has 0 aromatic carbocycles. The Morgan fingerprint density at radius 1 is 1.45 bits per heavy atom. The number of carbonyl (C=O) groups excluding carboxylic acids is 1. The monoisotopic (exact) mass is 279 g/mol. The molecule has 1 heterocycles. The fourth-order valence-corrected chi connectivity index (χ4v) is 1.85. The third kappa shape index (κ3) is 4.53. The van der Waals surface area contributed by atoms with Crippen molar-refractivity contribution in [3.05, 3.63) is 29.6 Å². The Bertz CT molecular complexity index is 474. The average molecular weight is 279 g/mol. The van der Waals surface area contributed by atoms with E-state index in [2.05, 4.69) is 10.3 Å². The fourth-order valence-electron chi connectivity index (χ4n) is 1.85. The summed E-state index contributed by atoms with van der Waals surface area (Å²) in [6, 6.07) is 3.25. The third-order valence-corrected chi connectivity index (χ3v) is 2.96. The Morgan fingerprint density at radius 2 is 2.15 bits per heavy atom. The molecule has 110 valence electrons. The van der Waals surface area contributed by atoms with Crippen LogP contribution in [0.4, 0.5) is 4.79 Å². The van der Waals surface area contributed by atoms with Crippen molar-refractivity contribution < 1.29 is 14.7 Å². The summed E-state index contributed by atoms with van der Waals surface area (Å²) < 4.78 is 0. The molecule has 0 radical (unpaired) electrons. The lowest BCUT2D eigenvalue weighted by molar-refractivity contribution is -0.138. The van der Waals surface area contributed by atoms with E-state index in [9.17, 15) is 9.59 Å². The van der Waals surface area contributed by atoms with Gasteiger partial charge in [-0.2, -0.15) is 0 Å². The van der Waals surface area contributed by atoms with E-state index in [1.54, 1.807) is 20.0 Å². The maximum Gasteiger partial charge on any atom is 0.323 e. The fraction of sp³-hybridized carbons (Fsp3) is 0.500. The number of amides is 2. The summed E-state index contributed by atoms with van der Waals surface area (Å²) in [6.07, 6.45) is 2.51. The molecule has 6 heteroatoms. The zero-order valence-corrected chi connectivity index (χ0v) is 12.1. The second kappa shape index (κ2) is 7.47. The predicted molar refractivity (Wildman–Crippen MR) is 75.3 cm³/mol. The molecule has 0 aliphatic rings. The molecule has 1 aromatic rings. The van der Waals surface area contributed by atoms with Crippen molar-refractivity contribution in [2.24, 2.45) is 0 Å². The summed E-state index contributed by atoms with van der Waals surface area (Å²) >= 11 is 0. The molecule has 2 N–H and O–H groups in total. The number of carbonyl (C=O) groups is 2. The van der Waals surface area contributed by atoms with Gasteiger partial charge >= 0.3 is 12.0 Å². The molecule has 20 heavy (non-hydrogen) atoms. The van der Waals surface area contributed by atoms with Crippen molar-refractivity contribution >= 4 is 12.0 Å². The van der Waals surface area contributed by atoms with E-state index in [1.807, 2.05) is 19.1 Å². The highest BCUT2D eigenvalue weighted by Crippen LogP contribution is 2.06. The molecular formula is C14H21N3O3. The van der Waals surface area contributed by atoms with Crippen LogP contribution >= 0.6 is 0 Å². The van der Waals surface area contributed by atoms with Gasteiger partial charge in [0.1, 0.15) is 6.54 Å². The molecule has 0 fully saturated rings. The molecule has 0 spiro atoms. The Labute approximate surface area is 118 Å². The van der Waals surface area contributed by atoms with Crippen molar-refractivity contribution in [3.8, 4) is 0 Å². The molecule has 6 nitrogen and oxygen atoms in total. The summed E-state index contributed by atoms with van der Waals surface area (Å²) in [5.74, 6) is -1.03. The summed E-state index contributed by atoms with van der Waals surface area (Å²) in [4.78, 5) is 28.3. The first-order chi connectivity index (χ1) is 9.45. The van der Waals surface area contributed by atoms with E-state index < -0.39 is 12.0 Å². The summed E-state index contributed by atoms with van der Waals surface area (Å²) in [5.41, 5.74) is 1.88. The maximum atomic E-state index is 12.0. The van der Waals surface area contributed by atoms with Gasteiger partial charge in [0.15, 0.2) is 0 Å². The molecule has 0 aliphatic heterocycles. The zero-order valence-electron chi connectivity index (χ0n) is 12.1. The van der Waals surface area contributed by atoms with Crippen molar-refractivity contribution in [1.82, 2.24) is 15.2 Å². The molecule has 1 rings (SSSR count). The summed E-state index contributed by atoms with van der Waals surface area (Å²) in [7, 11) is 0. The van der Waals surface area contributed by atoms with Gasteiger partial charge < -0.3 is 15.3 Å². The predicted octanol–water partition coefficient (Wildman–Crippen LogP) is 1.65. The van der Waals surface area contributed by atoms with Crippen LogP contribution in [0.25, 0.3) is 0 Å². The Kier molecular flexibility index (Phi) is 5.96. The van der Waals surface area contributed by atoms with Crippen LogP contribution in [0.15, 0.2) is 18.3 Å². The lowest BCUT2D eigenvalue weighted by Gasteiger charge is -2.25. The Morgan fingerprint density at radius 3 is 2.70 bits per heavy atom. The van der Waals surface area contributed by atoms with Gasteiger partial charge in [0, 0.05) is 12.2 Å². The molecule has 2 amide bonds. The number of hydrogen-bond acceptors (Lipinski definition) is 3. The van der Waals surface area contributed by atoms with Gasteiger partial charge in [-0.1, -0.05) is 13.0 Å². The zero-order chi connectivity index (χ0) is 15.1. The highest BCUT2D eigenvalue weighted by atomic mass is 16.4. The number of nitrogens with zero attached hydrogens (tertiary/aromatic N) is 2. The number of carboxylic acids is 1. The maximum absolute atomic E-state index is 12.0. The van der Waals surface area contributed by atoms with Crippen LogP contribution in [0.5, 0.6) is 0 Å². The van der Waals surface area contributed by atoms with Crippen molar-refractivity contribution in [2.45, 2.75) is 39.8 Å². The largest absolute Gasteiger partial charge is 0.480 e. The van der Waals surface area contributed by atoms with E-state index in [0.717, 1.165) is 17.7 Å².